The molecule has 0 unspecified atom stereocenters. The van der Waals surface area contributed by atoms with Gasteiger partial charge in [-0.2, -0.15) is 0 Å². The molecule has 0 saturated carbocycles. The van der Waals surface area contributed by atoms with E-state index in [4.69, 9.17) is 0 Å². The van der Waals surface area contributed by atoms with Crippen molar-refractivity contribution in [1.82, 2.24) is 15.0 Å². The van der Waals surface area contributed by atoms with Crippen LogP contribution in [0.2, 0.25) is 0 Å². The summed E-state index contributed by atoms with van der Waals surface area (Å²) in [5.74, 6) is 0.107. The van der Waals surface area contributed by atoms with E-state index in [1.165, 1.54) is 18.2 Å². The maximum atomic E-state index is 12.8. The number of carbonyl (C=O) groups is 1. The highest BCUT2D eigenvalue weighted by molar-refractivity contribution is 7.92. The summed E-state index contributed by atoms with van der Waals surface area (Å²) in [5.41, 5.74) is 1.61. The lowest BCUT2D eigenvalue weighted by Crippen LogP contribution is -2.47. The lowest BCUT2D eigenvalue weighted by Gasteiger charge is -2.35. The molecule has 0 bridgehead atoms. The molecule has 5 rings (SSSR count). The molecule has 184 valence electrons. The van der Waals surface area contributed by atoms with Gasteiger partial charge in [-0.3, -0.25) is 4.72 Å². The van der Waals surface area contributed by atoms with Gasteiger partial charge >= 0.3 is 5.97 Å². The number of anilines is 3. The first-order valence-corrected chi connectivity index (χ1v) is 12.8. The molecule has 1 fully saturated rings. The number of carboxylic acids is 1. The van der Waals surface area contributed by atoms with Crippen molar-refractivity contribution >= 4 is 44.3 Å². The molecule has 2 N–H and O–H groups in total. The monoisotopic (exact) mass is 504 g/mol. The van der Waals surface area contributed by atoms with Crippen molar-refractivity contribution in [1.29, 1.82) is 0 Å². The van der Waals surface area contributed by atoms with Gasteiger partial charge < -0.3 is 14.9 Å². The zero-order chi connectivity index (χ0) is 25.3. The third-order valence-electron chi connectivity index (χ3n) is 6.02. The van der Waals surface area contributed by atoms with Crippen molar-refractivity contribution in [3.05, 3.63) is 78.1 Å². The van der Waals surface area contributed by atoms with E-state index in [0.717, 1.165) is 5.56 Å². The van der Waals surface area contributed by atoms with E-state index in [1.54, 1.807) is 42.7 Å². The molecule has 0 radical (unpaired) electrons. The SMILES string of the molecule is Cc1cccc(S(=O)(=O)Nc2ccc3nc(N4CCN(c5ncccn5)CC4)cc(C(=O)O)c3c2)c1. The molecule has 1 aliphatic rings. The first-order valence-electron chi connectivity index (χ1n) is 11.3. The smallest absolute Gasteiger partial charge is 0.336 e. The Hall–Kier alpha value is -4.25. The highest BCUT2D eigenvalue weighted by Gasteiger charge is 2.23. The Morgan fingerprint density at radius 1 is 0.944 bits per heavy atom. The van der Waals surface area contributed by atoms with Crippen LogP contribution in [0.3, 0.4) is 0 Å². The quantitative estimate of drug-likeness (QED) is 0.407. The van der Waals surface area contributed by atoms with Crippen LogP contribution < -0.4 is 14.5 Å². The summed E-state index contributed by atoms with van der Waals surface area (Å²) >= 11 is 0. The van der Waals surface area contributed by atoms with E-state index in [1.807, 2.05) is 17.9 Å². The number of piperazine rings is 1. The van der Waals surface area contributed by atoms with Crippen LogP contribution in [0, 0.1) is 6.92 Å². The third kappa shape index (κ3) is 4.78. The number of hydrogen-bond acceptors (Lipinski definition) is 8. The maximum absolute atomic E-state index is 12.8. The van der Waals surface area contributed by atoms with E-state index in [2.05, 4.69) is 24.6 Å². The number of aryl methyl sites for hydroxylation is 1. The second-order valence-electron chi connectivity index (χ2n) is 8.51. The topological polar surface area (TPSA) is 129 Å². The zero-order valence-electron chi connectivity index (χ0n) is 19.5. The number of carboxylic acid groups (broad SMARTS) is 1. The predicted molar refractivity (Wildman–Crippen MR) is 137 cm³/mol. The highest BCUT2D eigenvalue weighted by Crippen LogP contribution is 2.28. The molecule has 0 atom stereocenters. The fraction of sp³-hybridized carbons (Fsp3) is 0.200. The van der Waals surface area contributed by atoms with E-state index in [0.29, 0.717) is 48.8 Å². The minimum Gasteiger partial charge on any atom is -0.478 e. The van der Waals surface area contributed by atoms with Gasteiger partial charge in [0.15, 0.2) is 0 Å². The summed E-state index contributed by atoms with van der Waals surface area (Å²) in [4.78, 5) is 29.6. The molecule has 11 heteroatoms. The first-order chi connectivity index (χ1) is 17.3. The number of sulfonamides is 1. The molecule has 36 heavy (non-hydrogen) atoms. The number of nitrogens with one attached hydrogen (secondary N) is 1. The van der Waals surface area contributed by atoms with Crippen LogP contribution in [0.5, 0.6) is 0 Å². The standard InChI is InChI=1S/C25H24N6O4S/c1-17-4-2-5-19(14-17)36(34,35)29-18-6-7-22-20(15-18)21(24(32)33)16-23(28-22)30-10-12-31(13-11-30)25-26-8-3-9-27-25/h2-9,14-16,29H,10-13H2,1H3,(H,32,33). The number of pyridine rings is 1. The normalized spacial score (nSPS) is 14.1. The van der Waals surface area contributed by atoms with Crippen LogP contribution in [0.1, 0.15) is 15.9 Å². The lowest BCUT2D eigenvalue weighted by atomic mass is 10.1. The van der Waals surface area contributed by atoms with Gasteiger partial charge in [0.2, 0.25) is 5.95 Å². The van der Waals surface area contributed by atoms with Crippen molar-refractivity contribution in [3.63, 3.8) is 0 Å². The average Bonchev–Trinajstić information content (AvgIpc) is 2.88. The molecular formula is C25H24N6O4S. The summed E-state index contributed by atoms with van der Waals surface area (Å²) in [6.45, 7) is 4.42. The lowest BCUT2D eigenvalue weighted by molar-refractivity contribution is 0.0699. The molecule has 1 saturated heterocycles. The molecule has 2 aromatic carbocycles. The summed E-state index contributed by atoms with van der Waals surface area (Å²) in [6, 6.07) is 14.6. The molecule has 0 spiro atoms. The Balaban J connectivity index is 1.41. The van der Waals surface area contributed by atoms with Gasteiger partial charge in [0.1, 0.15) is 5.82 Å². The molecule has 4 aromatic rings. The zero-order valence-corrected chi connectivity index (χ0v) is 20.3. The van der Waals surface area contributed by atoms with Gasteiger partial charge in [-0.25, -0.2) is 28.2 Å². The molecule has 0 aliphatic carbocycles. The van der Waals surface area contributed by atoms with Crippen LogP contribution in [-0.4, -0.2) is 60.6 Å². The minimum absolute atomic E-state index is 0.0559. The van der Waals surface area contributed by atoms with Gasteiger partial charge in [0.05, 0.1) is 16.0 Å². The molecule has 2 aromatic heterocycles. The maximum Gasteiger partial charge on any atom is 0.336 e. The van der Waals surface area contributed by atoms with Crippen LogP contribution in [-0.2, 0) is 10.0 Å². The van der Waals surface area contributed by atoms with Gasteiger partial charge in [-0.15, -0.1) is 0 Å². The molecule has 10 nitrogen and oxygen atoms in total. The van der Waals surface area contributed by atoms with Crippen LogP contribution in [0.15, 0.2) is 71.9 Å². The molecular weight excluding hydrogens is 480 g/mol. The van der Waals surface area contributed by atoms with Crippen molar-refractivity contribution in [2.45, 2.75) is 11.8 Å². The third-order valence-corrected chi connectivity index (χ3v) is 7.40. The van der Waals surface area contributed by atoms with Crippen molar-refractivity contribution < 1.29 is 18.3 Å². The van der Waals surface area contributed by atoms with Crippen molar-refractivity contribution in [3.8, 4) is 0 Å². The van der Waals surface area contributed by atoms with Crippen molar-refractivity contribution in [2.24, 2.45) is 0 Å². The van der Waals surface area contributed by atoms with Crippen LogP contribution in [0.4, 0.5) is 17.5 Å². The minimum atomic E-state index is -3.83. The Kier molecular flexibility index (Phi) is 6.15. The van der Waals surface area contributed by atoms with Crippen molar-refractivity contribution in [2.75, 3.05) is 40.7 Å². The number of aromatic carboxylic acids is 1. The number of fused-ring (bicyclic) bond motifs is 1. The Morgan fingerprint density at radius 3 is 2.36 bits per heavy atom. The molecule has 1 aliphatic heterocycles. The highest BCUT2D eigenvalue weighted by atomic mass is 32.2. The summed E-state index contributed by atoms with van der Waals surface area (Å²) in [6.07, 6.45) is 3.40. The van der Waals surface area contributed by atoms with Crippen LogP contribution in [0.25, 0.3) is 10.9 Å². The van der Waals surface area contributed by atoms with Crippen LogP contribution >= 0.6 is 0 Å². The number of aromatic nitrogens is 3. The Labute approximate surface area is 208 Å². The number of hydrogen-bond donors (Lipinski definition) is 2. The second kappa shape index (κ2) is 9.42. The summed E-state index contributed by atoms with van der Waals surface area (Å²) in [7, 11) is -3.83. The number of benzene rings is 2. The average molecular weight is 505 g/mol. The summed E-state index contributed by atoms with van der Waals surface area (Å²) in [5, 5.41) is 10.3. The van der Waals surface area contributed by atoms with E-state index < -0.39 is 16.0 Å². The number of nitrogens with zero attached hydrogens (tertiary/aromatic N) is 5. The Bertz CT molecular complexity index is 1540. The Morgan fingerprint density at radius 2 is 1.67 bits per heavy atom. The number of rotatable bonds is 6. The molecule has 3 heterocycles. The molecule has 0 amide bonds. The van der Waals surface area contributed by atoms with E-state index in [-0.39, 0.29) is 16.1 Å². The van der Waals surface area contributed by atoms with Gasteiger partial charge in [0.25, 0.3) is 10.0 Å². The summed E-state index contributed by atoms with van der Waals surface area (Å²) < 4.78 is 28.2. The largest absolute Gasteiger partial charge is 0.478 e. The van der Waals surface area contributed by atoms with Gasteiger partial charge in [0, 0.05) is 49.6 Å². The fourth-order valence-electron chi connectivity index (χ4n) is 4.20. The van der Waals surface area contributed by atoms with E-state index in [9.17, 15) is 18.3 Å². The first kappa shape index (κ1) is 23.5. The fourth-order valence-corrected chi connectivity index (χ4v) is 5.35. The van der Waals surface area contributed by atoms with Gasteiger partial charge in [-0.05, 0) is 55.0 Å². The van der Waals surface area contributed by atoms with Gasteiger partial charge in [-0.1, -0.05) is 12.1 Å². The van der Waals surface area contributed by atoms with E-state index >= 15 is 0 Å². The predicted octanol–water partition coefficient (Wildman–Crippen LogP) is 3.16. The second-order valence-corrected chi connectivity index (χ2v) is 10.2.